The third-order valence-electron chi connectivity index (χ3n) is 3.78. The highest BCUT2D eigenvalue weighted by molar-refractivity contribution is 5.98. The van der Waals surface area contributed by atoms with E-state index < -0.39 is 0 Å². The summed E-state index contributed by atoms with van der Waals surface area (Å²) in [6.45, 7) is 3.71. The van der Waals surface area contributed by atoms with E-state index in [0.717, 1.165) is 22.4 Å². The Morgan fingerprint density at radius 3 is 2.41 bits per heavy atom. The molecule has 0 radical (unpaired) electrons. The van der Waals surface area contributed by atoms with Gasteiger partial charge in [0.05, 0.1) is 6.54 Å². The molecule has 27 heavy (non-hydrogen) atoms. The van der Waals surface area contributed by atoms with E-state index in [9.17, 15) is 9.59 Å². The Hall–Kier alpha value is -3.59. The van der Waals surface area contributed by atoms with Crippen molar-refractivity contribution in [2.75, 3.05) is 18.5 Å². The summed E-state index contributed by atoms with van der Waals surface area (Å²) in [4.78, 5) is 23.9. The number of rotatable bonds is 7. The lowest BCUT2D eigenvalue weighted by Crippen LogP contribution is -2.32. The topological polar surface area (TPSA) is 91.2 Å². The molecule has 0 aromatic heterocycles. The summed E-state index contributed by atoms with van der Waals surface area (Å²) in [5.41, 5.74) is 3.51. The number of ether oxygens (including phenoxy) is 1. The first-order valence-corrected chi connectivity index (χ1v) is 8.41. The van der Waals surface area contributed by atoms with Crippen LogP contribution in [0.1, 0.15) is 16.7 Å². The molecule has 0 saturated heterocycles. The van der Waals surface area contributed by atoms with Gasteiger partial charge in [0.1, 0.15) is 11.8 Å². The van der Waals surface area contributed by atoms with Crippen LogP contribution in [0.4, 0.5) is 5.69 Å². The average Bonchev–Trinajstić information content (AvgIpc) is 2.67. The highest BCUT2D eigenvalue weighted by atomic mass is 16.5. The molecule has 2 N–H and O–H groups in total. The Balaban J connectivity index is 1.82. The van der Waals surface area contributed by atoms with Crippen molar-refractivity contribution < 1.29 is 14.3 Å². The summed E-state index contributed by atoms with van der Waals surface area (Å²) in [6.07, 6.45) is 2.99. The van der Waals surface area contributed by atoms with Crippen LogP contribution in [-0.2, 0) is 9.59 Å². The molecule has 0 atom stereocenters. The highest BCUT2D eigenvalue weighted by Gasteiger charge is 2.07. The van der Waals surface area contributed by atoms with E-state index in [4.69, 9.17) is 10.00 Å². The Morgan fingerprint density at radius 1 is 1.11 bits per heavy atom. The van der Waals surface area contributed by atoms with Crippen LogP contribution < -0.4 is 15.4 Å². The van der Waals surface area contributed by atoms with Crippen molar-refractivity contribution in [3.8, 4) is 11.8 Å². The minimum absolute atomic E-state index is 0.0122. The second-order valence-electron chi connectivity index (χ2n) is 5.88. The molecule has 0 aliphatic carbocycles. The fourth-order valence-electron chi connectivity index (χ4n) is 2.38. The SMILES string of the molecule is Cc1cccc(C)c1NC(=O)CNC(=O)/C=C/c1ccc(OCC#N)cc1. The summed E-state index contributed by atoms with van der Waals surface area (Å²) in [5, 5.41) is 13.8. The molecule has 6 heteroatoms. The molecule has 0 unspecified atom stereocenters. The van der Waals surface area contributed by atoms with Gasteiger partial charge in [-0.2, -0.15) is 5.26 Å². The van der Waals surface area contributed by atoms with E-state index in [1.54, 1.807) is 30.3 Å². The van der Waals surface area contributed by atoms with Crippen molar-refractivity contribution in [1.29, 1.82) is 5.26 Å². The van der Waals surface area contributed by atoms with Crippen molar-refractivity contribution in [2.45, 2.75) is 13.8 Å². The number of nitrogens with zero attached hydrogens (tertiary/aromatic N) is 1. The van der Waals surface area contributed by atoms with Crippen LogP contribution in [0.3, 0.4) is 0 Å². The van der Waals surface area contributed by atoms with Crippen molar-refractivity contribution >= 4 is 23.6 Å². The number of amides is 2. The van der Waals surface area contributed by atoms with E-state index in [0.29, 0.717) is 5.75 Å². The van der Waals surface area contributed by atoms with Crippen molar-refractivity contribution in [1.82, 2.24) is 5.32 Å². The highest BCUT2D eigenvalue weighted by Crippen LogP contribution is 2.19. The zero-order valence-electron chi connectivity index (χ0n) is 15.3. The van der Waals surface area contributed by atoms with E-state index >= 15 is 0 Å². The maximum atomic E-state index is 12.0. The predicted molar refractivity (Wildman–Crippen MR) is 104 cm³/mol. The molecular weight excluding hydrogens is 342 g/mol. The summed E-state index contributed by atoms with van der Waals surface area (Å²) in [5.74, 6) is -0.0640. The van der Waals surface area contributed by atoms with Gasteiger partial charge < -0.3 is 15.4 Å². The second kappa shape index (κ2) is 9.78. The molecule has 0 aliphatic heterocycles. The van der Waals surface area contributed by atoms with Crippen LogP contribution in [0.2, 0.25) is 0 Å². The number of carbonyl (C=O) groups excluding carboxylic acids is 2. The lowest BCUT2D eigenvalue weighted by molar-refractivity contribution is -0.121. The number of carbonyl (C=O) groups is 2. The van der Waals surface area contributed by atoms with Crippen LogP contribution in [0.15, 0.2) is 48.5 Å². The summed E-state index contributed by atoms with van der Waals surface area (Å²) < 4.78 is 5.16. The molecule has 2 aromatic carbocycles. The van der Waals surface area contributed by atoms with Crippen LogP contribution in [0, 0.1) is 25.2 Å². The summed E-state index contributed by atoms with van der Waals surface area (Å²) in [6, 6.07) is 14.6. The van der Waals surface area contributed by atoms with Crippen LogP contribution in [0.25, 0.3) is 6.08 Å². The largest absolute Gasteiger partial charge is 0.479 e. The van der Waals surface area contributed by atoms with Gasteiger partial charge >= 0.3 is 0 Å². The van der Waals surface area contributed by atoms with Gasteiger partial charge in [-0.1, -0.05) is 30.3 Å². The minimum Gasteiger partial charge on any atom is -0.479 e. The standard InChI is InChI=1S/C21H21N3O3/c1-15-4-3-5-16(2)21(15)24-20(26)14-23-19(25)11-8-17-6-9-18(10-7-17)27-13-12-22/h3-11H,13-14H2,1-2H3,(H,23,25)(H,24,26)/b11-8+. The lowest BCUT2D eigenvalue weighted by atomic mass is 10.1. The molecule has 0 fully saturated rings. The Bertz CT molecular complexity index is 860. The first kappa shape index (κ1) is 19.7. The van der Waals surface area contributed by atoms with Crippen molar-refractivity contribution in [3.05, 3.63) is 65.2 Å². The zero-order chi connectivity index (χ0) is 19.6. The molecule has 2 amide bonds. The van der Waals surface area contributed by atoms with Crippen LogP contribution >= 0.6 is 0 Å². The normalized spacial score (nSPS) is 10.3. The fraction of sp³-hybridized carbons (Fsp3) is 0.190. The van der Waals surface area contributed by atoms with E-state index in [2.05, 4.69) is 10.6 Å². The molecular formula is C21H21N3O3. The molecule has 0 bridgehead atoms. The number of hydrogen-bond acceptors (Lipinski definition) is 4. The number of nitriles is 1. The quantitative estimate of drug-likeness (QED) is 0.740. The molecule has 6 nitrogen and oxygen atoms in total. The monoisotopic (exact) mass is 363 g/mol. The Kier molecular flexibility index (Phi) is 7.15. The average molecular weight is 363 g/mol. The number of para-hydroxylation sites is 1. The van der Waals surface area contributed by atoms with Gasteiger partial charge in [0.25, 0.3) is 0 Å². The molecule has 2 aromatic rings. The smallest absolute Gasteiger partial charge is 0.244 e. The second-order valence-corrected chi connectivity index (χ2v) is 5.88. The van der Waals surface area contributed by atoms with Crippen molar-refractivity contribution in [3.63, 3.8) is 0 Å². The first-order chi connectivity index (χ1) is 13.0. The summed E-state index contributed by atoms with van der Waals surface area (Å²) >= 11 is 0. The third-order valence-corrected chi connectivity index (χ3v) is 3.78. The summed E-state index contributed by atoms with van der Waals surface area (Å²) in [7, 11) is 0. The van der Waals surface area contributed by atoms with Crippen LogP contribution in [-0.4, -0.2) is 25.0 Å². The van der Waals surface area contributed by atoms with Gasteiger partial charge in [-0.3, -0.25) is 9.59 Å². The molecule has 0 spiro atoms. The Morgan fingerprint density at radius 2 is 1.78 bits per heavy atom. The van der Waals surface area contributed by atoms with Gasteiger partial charge in [0.15, 0.2) is 6.61 Å². The van der Waals surface area contributed by atoms with Gasteiger partial charge in [-0.05, 0) is 48.7 Å². The maximum Gasteiger partial charge on any atom is 0.244 e. The fourth-order valence-corrected chi connectivity index (χ4v) is 2.38. The number of benzene rings is 2. The number of nitrogens with one attached hydrogen (secondary N) is 2. The molecule has 2 rings (SSSR count). The first-order valence-electron chi connectivity index (χ1n) is 8.41. The van der Waals surface area contributed by atoms with Gasteiger partial charge in [-0.25, -0.2) is 0 Å². The van der Waals surface area contributed by atoms with E-state index in [-0.39, 0.29) is 25.0 Å². The van der Waals surface area contributed by atoms with Gasteiger partial charge in [0, 0.05) is 11.8 Å². The maximum absolute atomic E-state index is 12.0. The number of anilines is 1. The van der Waals surface area contributed by atoms with Gasteiger partial charge in [0.2, 0.25) is 11.8 Å². The van der Waals surface area contributed by atoms with E-state index in [1.807, 2.05) is 38.1 Å². The predicted octanol–water partition coefficient (Wildman–Crippen LogP) is 2.97. The molecule has 0 saturated carbocycles. The lowest BCUT2D eigenvalue weighted by Gasteiger charge is -2.11. The van der Waals surface area contributed by atoms with Crippen LogP contribution in [0.5, 0.6) is 5.75 Å². The third kappa shape index (κ3) is 6.33. The molecule has 0 aliphatic rings. The zero-order valence-corrected chi connectivity index (χ0v) is 15.3. The number of hydrogen-bond donors (Lipinski definition) is 2. The molecule has 138 valence electrons. The molecule has 0 heterocycles. The van der Waals surface area contributed by atoms with Gasteiger partial charge in [-0.15, -0.1) is 0 Å². The van der Waals surface area contributed by atoms with Crippen molar-refractivity contribution in [2.24, 2.45) is 0 Å². The van der Waals surface area contributed by atoms with E-state index in [1.165, 1.54) is 6.08 Å². The number of aryl methyl sites for hydroxylation is 2. The Labute approximate surface area is 158 Å². The minimum atomic E-state index is -0.364.